The van der Waals surface area contributed by atoms with E-state index in [9.17, 15) is 24.0 Å². The van der Waals surface area contributed by atoms with Crippen LogP contribution in [0.5, 0.6) is 0 Å². The molecule has 1 atom stereocenters. The largest absolute Gasteiger partial charge is 0.493 e. The molecule has 1 unspecified atom stereocenters. The van der Waals surface area contributed by atoms with E-state index < -0.39 is 54.5 Å². The van der Waals surface area contributed by atoms with Crippen molar-refractivity contribution in [2.75, 3.05) is 46.2 Å². The lowest BCUT2D eigenvalue weighted by Crippen LogP contribution is -2.45. The Labute approximate surface area is 240 Å². The highest BCUT2D eigenvalue weighted by atomic mass is 16.6. The van der Waals surface area contributed by atoms with E-state index in [-0.39, 0.29) is 50.8 Å². The molecule has 0 amide bonds. The monoisotopic (exact) mass is 574 g/mol. The van der Waals surface area contributed by atoms with Gasteiger partial charge in [-0.2, -0.15) is 0 Å². The smallest absolute Gasteiger partial charge is 0.330 e. The summed E-state index contributed by atoms with van der Waals surface area (Å²) in [6.07, 6.45) is 6.43. The first-order chi connectivity index (χ1) is 19.4. The summed E-state index contributed by atoms with van der Waals surface area (Å²) in [7, 11) is 0. The van der Waals surface area contributed by atoms with Crippen LogP contribution in [0.4, 0.5) is 0 Å². The van der Waals surface area contributed by atoms with Gasteiger partial charge >= 0.3 is 23.9 Å². The number of esters is 4. The minimum Gasteiger partial charge on any atom is -0.493 e. The van der Waals surface area contributed by atoms with Crippen LogP contribution in [0, 0.1) is 10.8 Å². The second-order valence-electron chi connectivity index (χ2n) is 8.87. The van der Waals surface area contributed by atoms with E-state index in [0.717, 1.165) is 30.4 Å². The molecule has 0 radical (unpaired) electrons. The van der Waals surface area contributed by atoms with E-state index in [1.54, 1.807) is 0 Å². The first-order valence-electron chi connectivity index (χ1n) is 12.3. The molecule has 0 saturated carbocycles. The van der Waals surface area contributed by atoms with E-state index in [1.807, 2.05) is 0 Å². The standard InChI is InChI=1S/C30H38O11/c1-8-23(7)37-18-29(15-14-24(31)9-2,19-38-25(32)10-3)16-36-17-30(20-39-26(33)11-4,21-40-27(34)12-5)22-41-28(35)13-6/h8-13H,1-7,14-22H2. The number of carbonyl (C=O) groups excluding carboxylic acids is 5. The van der Waals surface area contributed by atoms with Gasteiger partial charge in [-0.25, -0.2) is 19.2 Å². The molecule has 41 heavy (non-hydrogen) atoms. The zero-order chi connectivity index (χ0) is 31.3. The SMILES string of the molecule is C=CC(=C)OCC(CCC(=O)C=C)(COCC(COC(=O)C=C)(COC(=O)C=C)COC(=O)C=C)COC(=O)C=C. The van der Waals surface area contributed by atoms with Crippen LogP contribution in [0.1, 0.15) is 12.8 Å². The first-order valence-corrected chi connectivity index (χ1v) is 12.3. The van der Waals surface area contributed by atoms with E-state index in [4.69, 9.17) is 28.4 Å². The lowest BCUT2D eigenvalue weighted by atomic mass is 9.84. The second-order valence-corrected chi connectivity index (χ2v) is 8.87. The van der Waals surface area contributed by atoms with Crippen molar-refractivity contribution >= 4 is 29.7 Å². The van der Waals surface area contributed by atoms with E-state index in [1.165, 1.54) is 6.08 Å². The summed E-state index contributed by atoms with van der Waals surface area (Å²) in [5.74, 6) is -3.13. The molecule has 0 aromatic heterocycles. The van der Waals surface area contributed by atoms with Gasteiger partial charge < -0.3 is 28.4 Å². The molecule has 0 aliphatic rings. The maximum atomic E-state index is 12.1. The van der Waals surface area contributed by atoms with Crippen LogP contribution in [-0.2, 0) is 52.4 Å². The van der Waals surface area contributed by atoms with Crippen LogP contribution in [0.15, 0.2) is 88.3 Å². The first kappa shape index (κ1) is 36.5. The van der Waals surface area contributed by atoms with Gasteiger partial charge in [-0.3, -0.25) is 4.79 Å². The van der Waals surface area contributed by atoms with Crippen LogP contribution in [0.25, 0.3) is 0 Å². The van der Waals surface area contributed by atoms with Gasteiger partial charge in [0, 0.05) is 30.7 Å². The molecule has 0 rings (SSSR count). The average Bonchev–Trinajstić information content (AvgIpc) is 3.00. The van der Waals surface area contributed by atoms with Crippen molar-refractivity contribution in [2.45, 2.75) is 12.8 Å². The van der Waals surface area contributed by atoms with Crippen LogP contribution in [-0.4, -0.2) is 75.9 Å². The lowest BCUT2D eigenvalue weighted by molar-refractivity contribution is -0.164. The minimum atomic E-state index is -1.40. The topological polar surface area (TPSA) is 141 Å². The fraction of sp³-hybridized carbons (Fsp3) is 0.367. The maximum absolute atomic E-state index is 12.1. The Kier molecular flexibility index (Phi) is 17.4. The number of hydrogen-bond donors (Lipinski definition) is 0. The van der Waals surface area contributed by atoms with Crippen LogP contribution >= 0.6 is 0 Å². The Balaban J connectivity index is 6.30. The Morgan fingerprint density at radius 3 is 1.22 bits per heavy atom. The molecule has 0 fully saturated rings. The Hall–Kier alpha value is -4.51. The molecule has 0 aromatic carbocycles. The highest BCUT2D eigenvalue weighted by Gasteiger charge is 2.39. The fourth-order valence-corrected chi connectivity index (χ4v) is 3.00. The number of carbonyl (C=O) groups is 5. The predicted molar refractivity (Wildman–Crippen MR) is 150 cm³/mol. The van der Waals surface area contributed by atoms with Crippen LogP contribution in [0.2, 0.25) is 0 Å². The Bertz CT molecular complexity index is 822. The molecular weight excluding hydrogens is 536 g/mol. The van der Waals surface area contributed by atoms with Crippen LogP contribution < -0.4 is 0 Å². The molecule has 0 saturated heterocycles. The van der Waals surface area contributed by atoms with E-state index >= 15 is 0 Å². The highest BCUT2D eigenvalue weighted by Crippen LogP contribution is 2.30. The third-order valence-electron chi connectivity index (χ3n) is 5.49. The minimum absolute atomic E-state index is 0.0123. The maximum Gasteiger partial charge on any atom is 0.330 e. The molecular formula is C30H38O11. The molecule has 0 heterocycles. The summed E-state index contributed by atoms with van der Waals surface area (Å²) in [6, 6.07) is 0. The van der Waals surface area contributed by atoms with Gasteiger partial charge in [0.1, 0.15) is 32.2 Å². The molecule has 0 N–H and O–H groups in total. The van der Waals surface area contributed by atoms with Gasteiger partial charge in [0.2, 0.25) is 0 Å². The number of ether oxygens (including phenoxy) is 6. The predicted octanol–water partition coefficient (Wildman–Crippen LogP) is 3.14. The molecule has 0 aromatic rings. The molecule has 0 spiro atoms. The number of rotatable bonds is 24. The quantitative estimate of drug-likeness (QED) is 0.0552. The van der Waals surface area contributed by atoms with E-state index in [0.29, 0.717) is 0 Å². The number of allylic oxidation sites excluding steroid dienone is 2. The zero-order valence-corrected chi connectivity index (χ0v) is 23.3. The summed E-state index contributed by atoms with van der Waals surface area (Å²) in [5, 5.41) is 0. The Morgan fingerprint density at radius 1 is 0.488 bits per heavy atom. The summed E-state index contributed by atoms with van der Waals surface area (Å²) in [4.78, 5) is 59.6. The van der Waals surface area contributed by atoms with Crippen molar-refractivity contribution in [3.63, 3.8) is 0 Å². The molecule has 0 aliphatic heterocycles. The second kappa shape index (κ2) is 19.5. The van der Waals surface area contributed by atoms with Gasteiger partial charge in [-0.1, -0.05) is 46.1 Å². The lowest BCUT2D eigenvalue weighted by Gasteiger charge is -2.36. The zero-order valence-electron chi connectivity index (χ0n) is 23.3. The van der Waals surface area contributed by atoms with Gasteiger partial charge in [0.15, 0.2) is 5.78 Å². The molecule has 0 aliphatic carbocycles. The van der Waals surface area contributed by atoms with Gasteiger partial charge in [-0.05, 0) is 18.6 Å². The summed E-state index contributed by atoms with van der Waals surface area (Å²) >= 11 is 0. The van der Waals surface area contributed by atoms with Crippen LogP contribution in [0.3, 0.4) is 0 Å². The summed E-state index contributed by atoms with van der Waals surface area (Å²) in [6.45, 7) is 22.1. The fourth-order valence-electron chi connectivity index (χ4n) is 3.00. The number of hydrogen-bond acceptors (Lipinski definition) is 11. The van der Waals surface area contributed by atoms with Crippen molar-refractivity contribution in [1.29, 1.82) is 0 Å². The molecule has 0 bridgehead atoms. The van der Waals surface area contributed by atoms with Crippen molar-refractivity contribution < 1.29 is 52.4 Å². The van der Waals surface area contributed by atoms with Crippen molar-refractivity contribution in [1.82, 2.24) is 0 Å². The van der Waals surface area contributed by atoms with Crippen molar-refractivity contribution in [2.24, 2.45) is 10.8 Å². The van der Waals surface area contributed by atoms with Gasteiger partial charge in [0.25, 0.3) is 0 Å². The normalized spacial score (nSPS) is 11.8. The average molecular weight is 575 g/mol. The molecule has 11 nitrogen and oxygen atoms in total. The van der Waals surface area contributed by atoms with Crippen molar-refractivity contribution in [3.8, 4) is 0 Å². The number of ketones is 1. The van der Waals surface area contributed by atoms with E-state index in [2.05, 4.69) is 46.1 Å². The highest BCUT2D eigenvalue weighted by molar-refractivity contribution is 5.89. The summed E-state index contributed by atoms with van der Waals surface area (Å²) in [5.41, 5.74) is -2.51. The van der Waals surface area contributed by atoms with Crippen molar-refractivity contribution in [3.05, 3.63) is 88.3 Å². The van der Waals surface area contributed by atoms with Gasteiger partial charge in [0.05, 0.1) is 30.7 Å². The van der Waals surface area contributed by atoms with Gasteiger partial charge in [-0.15, -0.1) is 0 Å². The molecule has 11 heteroatoms. The Morgan fingerprint density at radius 2 is 0.854 bits per heavy atom. The summed E-state index contributed by atoms with van der Waals surface area (Å²) < 4.78 is 32.6. The molecule has 224 valence electrons. The third-order valence-corrected chi connectivity index (χ3v) is 5.49. The third kappa shape index (κ3) is 15.0.